The highest BCUT2D eigenvalue weighted by molar-refractivity contribution is 7.98. The van der Waals surface area contributed by atoms with Crippen LogP contribution >= 0.6 is 11.8 Å². The normalized spacial score (nSPS) is 12.5. The molecule has 96 valence electrons. The first-order valence-electron chi connectivity index (χ1n) is 4.33. The van der Waals surface area contributed by atoms with E-state index in [2.05, 4.69) is 4.18 Å². The minimum atomic E-state index is -5.60. The summed E-state index contributed by atoms with van der Waals surface area (Å²) in [5.41, 5.74) is -5.10. The molecule has 0 aliphatic carbocycles. The summed E-state index contributed by atoms with van der Waals surface area (Å²) in [6.07, 6.45) is 1.79. The summed E-state index contributed by atoms with van der Waals surface area (Å²) >= 11 is 1.39. The Morgan fingerprint density at radius 2 is 1.88 bits per heavy atom. The van der Waals surface area contributed by atoms with Crippen LogP contribution in [0.5, 0.6) is 5.75 Å². The number of rotatable bonds is 3. The average molecular weight is 286 g/mol. The lowest BCUT2D eigenvalue weighted by Gasteiger charge is -2.11. The number of halogens is 3. The summed E-state index contributed by atoms with van der Waals surface area (Å²) < 4.78 is 61.8. The van der Waals surface area contributed by atoms with Crippen LogP contribution in [0.2, 0.25) is 0 Å². The van der Waals surface area contributed by atoms with Crippen molar-refractivity contribution in [3.63, 3.8) is 0 Å². The number of alkyl halides is 3. The van der Waals surface area contributed by atoms with E-state index in [0.29, 0.717) is 5.56 Å². The zero-order valence-corrected chi connectivity index (χ0v) is 10.5. The van der Waals surface area contributed by atoms with Gasteiger partial charge in [0.2, 0.25) is 0 Å². The first kappa shape index (κ1) is 14.2. The fourth-order valence-electron chi connectivity index (χ4n) is 1.01. The molecule has 17 heavy (non-hydrogen) atoms. The van der Waals surface area contributed by atoms with E-state index in [4.69, 9.17) is 0 Å². The van der Waals surface area contributed by atoms with E-state index in [1.165, 1.54) is 30.8 Å². The van der Waals surface area contributed by atoms with Crippen LogP contribution in [0.4, 0.5) is 13.2 Å². The van der Waals surface area contributed by atoms with Crippen LogP contribution in [0.3, 0.4) is 0 Å². The van der Waals surface area contributed by atoms with Crippen LogP contribution in [-0.4, -0.2) is 20.2 Å². The highest BCUT2D eigenvalue weighted by Gasteiger charge is 2.48. The molecule has 0 aliphatic heterocycles. The lowest BCUT2D eigenvalue weighted by molar-refractivity contribution is -0.0500. The van der Waals surface area contributed by atoms with Gasteiger partial charge in [-0.2, -0.15) is 21.6 Å². The molecule has 0 atom stereocenters. The van der Waals surface area contributed by atoms with E-state index in [9.17, 15) is 21.6 Å². The second-order valence-corrected chi connectivity index (χ2v) is 5.53. The monoisotopic (exact) mass is 286 g/mol. The van der Waals surface area contributed by atoms with Gasteiger partial charge in [0, 0.05) is 4.90 Å². The maximum absolute atomic E-state index is 12.1. The van der Waals surface area contributed by atoms with E-state index in [1.54, 1.807) is 12.3 Å². The molecule has 0 saturated carbocycles. The summed E-state index contributed by atoms with van der Waals surface area (Å²) in [4.78, 5) is 0.805. The summed E-state index contributed by atoms with van der Waals surface area (Å²) in [5, 5.41) is 0. The van der Waals surface area contributed by atoms with Gasteiger partial charge in [-0.1, -0.05) is 0 Å². The first-order valence-corrected chi connectivity index (χ1v) is 6.96. The van der Waals surface area contributed by atoms with Crippen LogP contribution in [0.25, 0.3) is 0 Å². The number of thioether (sulfide) groups is 1. The largest absolute Gasteiger partial charge is 0.534 e. The Bertz CT molecular complexity index is 509. The van der Waals surface area contributed by atoms with Crippen molar-refractivity contribution in [2.24, 2.45) is 0 Å². The van der Waals surface area contributed by atoms with Crippen molar-refractivity contribution >= 4 is 21.9 Å². The molecule has 0 saturated heterocycles. The zero-order chi connectivity index (χ0) is 13.3. The maximum atomic E-state index is 12.1. The fraction of sp³-hybridized carbons (Fsp3) is 0.333. The maximum Gasteiger partial charge on any atom is 0.534 e. The van der Waals surface area contributed by atoms with Gasteiger partial charge in [0.05, 0.1) is 0 Å². The molecule has 0 fully saturated rings. The van der Waals surface area contributed by atoms with Crippen molar-refractivity contribution in [3.05, 3.63) is 23.8 Å². The highest BCUT2D eigenvalue weighted by atomic mass is 32.2. The standard InChI is InChI=1S/C9H9F3O3S2/c1-6-5-7(16-2)3-4-8(6)15-17(13,14)9(10,11)12/h3-5H,1-2H3. The van der Waals surface area contributed by atoms with E-state index in [1.807, 2.05) is 0 Å². The predicted octanol–water partition coefficient (Wildman–Crippen LogP) is 2.95. The molecule has 0 spiro atoms. The number of aryl methyl sites for hydroxylation is 1. The van der Waals surface area contributed by atoms with E-state index >= 15 is 0 Å². The Hall–Kier alpha value is -0.890. The van der Waals surface area contributed by atoms with Gasteiger partial charge >= 0.3 is 15.6 Å². The van der Waals surface area contributed by atoms with Crippen molar-refractivity contribution in [2.75, 3.05) is 6.26 Å². The van der Waals surface area contributed by atoms with E-state index in [0.717, 1.165) is 4.90 Å². The SMILES string of the molecule is CSc1ccc(OS(=O)(=O)C(F)(F)F)c(C)c1. The van der Waals surface area contributed by atoms with Crippen LogP contribution in [0.15, 0.2) is 23.1 Å². The zero-order valence-electron chi connectivity index (χ0n) is 8.91. The smallest absolute Gasteiger partial charge is 0.376 e. The van der Waals surface area contributed by atoms with Gasteiger partial charge in [-0.05, 0) is 36.9 Å². The van der Waals surface area contributed by atoms with Crippen molar-refractivity contribution < 1.29 is 25.8 Å². The van der Waals surface area contributed by atoms with E-state index in [-0.39, 0.29) is 5.75 Å². The molecule has 0 heterocycles. The molecule has 0 N–H and O–H groups in total. The fourth-order valence-corrected chi connectivity index (χ4v) is 2.02. The average Bonchev–Trinajstić information content (AvgIpc) is 2.19. The molecule has 0 bridgehead atoms. The molecule has 0 radical (unpaired) electrons. The molecule has 1 aromatic carbocycles. The van der Waals surface area contributed by atoms with Crippen LogP contribution in [0, 0.1) is 6.92 Å². The molecule has 0 aliphatic rings. The Morgan fingerprint density at radius 1 is 1.29 bits per heavy atom. The third kappa shape index (κ3) is 3.29. The number of hydrogen-bond donors (Lipinski definition) is 0. The molecular weight excluding hydrogens is 277 g/mol. The number of benzene rings is 1. The minimum Gasteiger partial charge on any atom is -0.376 e. The molecule has 8 heteroatoms. The summed E-state index contributed by atoms with van der Waals surface area (Å²) in [5.74, 6) is -0.319. The summed E-state index contributed by atoms with van der Waals surface area (Å²) in [6, 6.07) is 4.23. The Kier molecular flexibility index (Phi) is 3.98. The molecule has 0 unspecified atom stereocenters. The van der Waals surface area contributed by atoms with Crippen molar-refractivity contribution in [1.29, 1.82) is 0 Å². The Labute approximate surface area is 101 Å². The third-order valence-corrected chi connectivity index (χ3v) is 3.56. The number of hydrogen-bond acceptors (Lipinski definition) is 4. The van der Waals surface area contributed by atoms with Crippen molar-refractivity contribution in [1.82, 2.24) is 0 Å². The Morgan fingerprint density at radius 3 is 2.29 bits per heavy atom. The third-order valence-electron chi connectivity index (χ3n) is 1.87. The second kappa shape index (κ2) is 4.77. The van der Waals surface area contributed by atoms with Gasteiger partial charge in [0.15, 0.2) is 0 Å². The molecule has 3 nitrogen and oxygen atoms in total. The van der Waals surface area contributed by atoms with Crippen LogP contribution in [0.1, 0.15) is 5.56 Å². The van der Waals surface area contributed by atoms with Crippen LogP contribution in [-0.2, 0) is 10.1 Å². The van der Waals surface area contributed by atoms with Crippen molar-refractivity contribution in [3.8, 4) is 5.75 Å². The van der Waals surface area contributed by atoms with Gasteiger partial charge < -0.3 is 4.18 Å². The lowest BCUT2D eigenvalue weighted by atomic mass is 10.2. The van der Waals surface area contributed by atoms with Gasteiger partial charge in [-0.15, -0.1) is 11.8 Å². The van der Waals surface area contributed by atoms with Gasteiger partial charge in [-0.3, -0.25) is 0 Å². The lowest BCUT2D eigenvalue weighted by Crippen LogP contribution is -2.28. The molecule has 0 amide bonds. The highest BCUT2D eigenvalue weighted by Crippen LogP contribution is 2.30. The topological polar surface area (TPSA) is 43.4 Å². The molecule has 1 aromatic rings. The van der Waals surface area contributed by atoms with Gasteiger partial charge in [-0.25, -0.2) is 0 Å². The van der Waals surface area contributed by atoms with Gasteiger partial charge in [0.25, 0.3) is 0 Å². The minimum absolute atomic E-state index is 0.319. The van der Waals surface area contributed by atoms with Gasteiger partial charge in [0.1, 0.15) is 5.75 Å². The van der Waals surface area contributed by atoms with Crippen LogP contribution < -0.4 is 4.18 Å². The Balaban J connectivity index is 3.05. The predicted molar refractivity (Wildman–Crippen MR) is 58.6 cm³/mol. The van der Waals surface area contributed by atoms with E-state index < -0.39 is 15.6 Å². The summed E-state index contributed by atoms with van der Waals surface area (Å²) in [6.45, 7) is 1.47. The summed E-state index contributed by atoms with van der Waals surface area (Å²) in [7, 11) is -5.60. The molecule has 1 rings (SSSR count). The first-order chi connectivity index (χ1) is 7.67. The van der Waals surface area contributed by atoms with Crippen molar-refractivity contribution in [2.45, 2.75) is 17.3 Å². The molecular formula is C9H9F3O3S2. The quantitative estimate of drug-likeness (QED) is 0.487. The molecule has 0 aromatic heterocycles. The second-order valence-electron chi connectivity index (χ2n) is 3.11.